The molecule has 2 N–H and O–H groups in total. The van der Waals surface area contributed by atoms with Gasteiger partial charge in [0.2, 0.25) is 0 Å². The normalized spacial score (nSPS) is 26.7. The smallest absolute Gasteiger partial charge is 0.120 e. The van der Waals surface area contributed by atoms with Gasteiger partial charge in [-0.2, -0.15) is 0 Å². The van der Waals surface area contributed by atoms with E-state index in [1.807, 2.05) is 18.2 Å². The Morgan fingerprint density at radius 1 is 0.950 bits per heavy atom. The highest BCUT2D eigenvalue weighted by Gasteiger charge is 2.38. The Morgan fingerprint density at radius 2 is 1.70 bits per heavy atom. The number of para-hydroxylation sites is 2. The maximum atomic E-state index is 10.2. The molecule has 2 nitrogen and oxygen atoms in total. The lowest BCUT2D eigenvalue weighted by Crippen LogP contribution is -2.29. The van der Waals surface area contributed by atoms with Crippen molar-refractivity contribution in [2.24, 2.45) is 5.92 Å². The van der Waals surface area contributed by atoms with E-state index in [0.717, 1.165) is 12.0 Å². The molecule has 0 aromatic heterocycles. The van der Waals surface area contributed by atoms with Crippen LogP contribution in [0.5, 0.6) is 5.75 Å². The van der Waals surface area contributed by atoms with Gasteiger partial charge in [-0.05, 0) is 30.0 Å². The van der Waals surface area contributed by atoms with Gasteiger partial charge < -0.3 is 10.4 Å². The molecule has 0 spiro atoms. The van der Waals surface area contributed by atoms with Crippen molar-refractivity contribution in [2.45, 2.75) is 18.4 Å². The minimum atomic E-state index is 0.172. The highest BCUT2D eigenvalue weighted by Crippen LogP contribution is 2.50. The molecule has 2 aliphatic rings. The molecule has 0 fully saturated rings. The number of phenols is 1. The molecule has 3 atom stereocenters. The highest BCUT2D eigenvalue weighted by atomic mass is 16.3. The first-order valence-corrected chi connectivity index (χ1v) is 7.14. The molecule has 20 heavy (non-hydrogen) atoms. The summed E-state index contributed by atoms with van der Waals surface area (Å²) in [4.78, 5) is 0. The summed E-state index contributed by atoms with van der Waals surface area (Å²) in [6.45, 7) is 0. The van der Waals surface area contributed by atoms with Crippen molar-refractivity contribution >= 4 is 5.69 Å². The fourth-order valence-corrected chi connectivity index (χ4v) is 3.60. The first kappa shape index (κ1) is 11.6. The van der Waals surface area contributed by atoms with Crippen LogP contribution in [-0.2, 0) is 0 Å². The zero-order chi connectivity index (χ0) is 13.5. The molecule has 2 aromatic rings. The van der Waals surface area contributed by atoms with Gasteiger partial charge in [0.05, 0.1) is 6.04 Å². The van der Waals surface area contributed by atoms with E-state index < -0.39 is 0 Å². The molecule has 0 amide bonds. The predicted molar refractivity (Wildman–Crippen MR) is 80.9 cm³/mol. The fourth-order valence-electron chi connectivity index (χ4n) is 3.60. The molecule has 0 radical (unpaired) electrons. The van der Waals surface area contributed by atoms with Gasteiger partial charge in [-0.1, -0.05) is 48.6 Å². The van der Waals surface area contributed by atoms with Gasteiger partial charge in [-0.25, -0.2) is 0 Å². The lowest BCUT2D eigenvalue weighted by molar-refractivity contribution is 0.402. The Hall–Kier alpha value is -2.22. The zero-order valence-electron chi connectivity index (χ0n) is 11.2. The molecular weight excluding hydrogens is 246 g/mol. The molecular formula is C18H17NO. The second-order valence-electron chi connectivity index (χ2n) is 5.62. The second-order valence-corrected chi connectivity index (χ2v) is 5.62. The predicted octanol–water partition coefficient (Wildman–Crippen LogP) is 4.22. The summed E-state index contributed by atoms with van der Waals surface area (Å²) in [5.41, 5.74) is 3.56. The van der Waals surface area contributed by atoms with Crippen LogP contribution >= 0.6 is 0 Å². The average Bonchev–Trinajstić information content (AvgIpc) is 2.97. The number of hydrogen-bond donors (Lipinski definition) is 2. The Kier molecular flexibility index (Phi) is 2.56. The molecule has 2 heteroatoms. The fraction of sp³-hybridized carbons (Fsp3) is 0.222. The molecule has 3 unspecified atom stereocenters. The lowest BCUT2D eigenvalue weighted by atomic mass is 9.77. The van der Waals surface area contributed by atoms with Crippen LogP contribution in [0.2, 0.25) is 0 Å². The van der Waals surface area contributed by atoms with Crippen molar-refractivity contribution in [1.82, 2.24) is 0 Å². The van der Waals surface area contributed by atoms with Crippen LogP contribution in [0.4, 0.5) is 5.69 Å². The Balaban J connectivity index is 1.82. The van der Waals surface area contributed by atoms with Crippen molar-refractivity contribution in [2.75, 3.05) is 5.32 Å². The minimum Gasteiger partial charge on any atom is -0.508 e. The number of nitrogens with one attached hydrogen (secondary N) is 1. The Labute approximate surface area is 118 Å². The van der Waals surface area contributed by atoms with E-state index in [1.165, 1.54) is 11.3 Å². The summed E-state index contributed by atoms with van der Waals surface area (Å²) in [5.74, 6) is 1.32. The molecule has 1 aliphatic carbocycles. The molecule has 1 aliphatic heterocycles. The molecule has 1 heterocycles. The Bertz CT molecular complexity index is 677. The van der Waals surface area contributed by atoms with Crippen LogP contribution in [0, 0.1) is 5.92 Å². The summed E-state index contributed by atoms with van der Waals surface area (Å²) in [6.07, 6.45) is 5.65. The summed E-state index contributed by atoms with van der Waals surface area (Å²) >= 11 is 0. The third-order valence-corrected chi connectivity index (χ3v) is 4.54. The summed E-state index contributed by atoms with van der Waals surface area (Å²) < 4.78 is 0. The number of hydrogen-bond acceptors (Lipinski definition) is 2. The monoisotopic (exact) mass is 263 g/mol. The van der Waals surface area contributed by atoms with Crippen LogP contribution in [-0.4, -0.2) is 5.11 Å². The SMILES string of the molecule is Oc1ccccc1C1Nc2ccccc2C2C=CCC21. The third kappa shape index (κ3) is 1.64. The van der Waals surface area contributed by atoms with Crippen molar-refractivity contribution < 1.29 is 5.11 Å². The van der Waals surface area contributed by atoms with Gasteiger partial charge in [-0.3, -0.25) is 0 Å². The van der Waals surface area contributed by atoms with Gasteiger partial charge in [0.25, 0.3) is 0 Å². The van der Waals surface area contributed by atoms with Crippen molar-refractivity contribution in [3.8, 4) is 5.75 Å². The molecule has 2 aromatic carbocycles. The van der Waals surface area contributed by atoms with Gasteiger partial charge in [0.1, 0.15) is 5.75 Å². The van der Waals surface area contributed by atoms with Crippen LogP contribution < -0.4 is 5.32 Å². The van der Waals surface area contributed by atoms with Gasteiger partial charge in [0.15, 0.2) is 0 Å². The van der Waals surface area contributed by atoms with E-state index in [-0.39, 0.29) is 6.04 Å². The van der Waals surface area contributed by atoms with E-state index in [4.69, 9.17) is 0 Å². The van der Waals surface area contributed by atoms with Crippen LogP contribution in [0.25, 0.3) is 0 Å². The largest absolute Gasteiger partial charge is 0.508 e. The van der Waals surface area contributed by atoms with E-state index >= 15 is 0 Å². The minimum absolute atomic E-state index is 0.172. The molecule has 0 bridgehead atoms. The highest BCUT2D eigenvalue weighted by molar-refractivity contribution is 5.60. The van der Waals surface area contributed by atoms with E-state index in [1.54, 1.807) is 6.07 Å². The van der Waals surface area contributed by atoms with E-state index in [9.17, 15) is 5.11 Å². The topological polar surface area (TPSA) is 32.3 Å². The summed E-state index contributed by atoms with van der Waals surface area (Å²) in [7, 11) is 0. The van der Waals surface area contributed by atoms with Crippen LogP contribution in [0.3, 0.4) is 0 Å². The van der Waals surface area contributed by atoms with Gasteiger partial charge in [-0.15, -0.1) is 0 Å². The molecule has 4 rings (SSSR count). The average molecular weight is 263 g/mol. The number of allylic oxidation sites excluding steroid dienone is 2. The third-order valence-electron chi connectivity index (χ3n) is 4.54. The van der Waals surface area contributed by atoms with Crippen LogP contribution in [0.1, 0.15) is 29.5 Å². The first-order chi connectivity index (χ1) is 9.84. The second kappa shape index (κ2) is 4.41. The lowest BCUT2D eigenvalue weighted by Gasteiger charge is -2.37. The van der Waals surface area contributed by atoms with Crippen molar-refractivity contribution in [1.29, 1.82) is 0 Å². The number of anilines is 1. The quantitative estimate of drug-likeness (QED) is 0.755. The summed E-state index contributed by atoms with van der Waals surface area (Å²) in [6, 6.07) is 16.3. The first-order valence-electron chi connectivity index (χ1n) is 7.14. The van der Waals surface area contributed by atoms with Crippen LogP contribution in [0.15, 0.2) is 60.7 Å². The molecule has 0 saturated carbocycles. The number of fused-ring (bicyclic) bond motifs is 3. The van der Waals surface area contributed by atoms with Gasteiger partial charge in [0, 0.05) is 17.2 Å². The molecule has 0 saturated heterocycles. The number of phenolic OH excluding ortho intramolecular Hbond substituents is 1. The molecule has 100 valence electrons. The standard InChI is InChI=1S/C18H17NO/c20-17-11-4-2-7-15(17)18-14-9-5-8-12(14)13-6-1-3-10-16(13)19-18/h1-8,10-12,14,18-20H,9H2. The van der Waals surface area contributed by atoms with E-state index in [2.05, 4.69) is 41.7 Å². The Morgan fingerprint density at radius 3 is 2.55 bits per heavy atom. The maximum Gasteiger partial charge on any atom is 0.120 e. The number of benzene rings is 2. The summed E-state index contributed by atoms with van der Waals surface area (Å²) in [5, 5.41) is 13.8. The van der Waals surface area contributed by atoms with Crippen molar-refractivity contribution in [3.63, 3.8) is 0 Å². The van der Waals surface area contributed by atoms with E-state index in [0.29, 0.717) is 17.6 Å². The number of rotatable bonds is 1. The number of aromatic hydroxyl groups is 1. The van der Waals surface area contributed by atoms with Gasteiger partial charge >= 0.3 is 0 Å². The zero-order valence-corrected chi connectivity index (χ0v) is 11.2. The van der Waals surface area contributed by atoms with Crippen molar-refractivity contribution in [3.05, 3.63) is 71.8 Å². The maximum absolute atomic E-state index is 10.2.